The Balaban J connectivity index is 1.17. The fraction of sp³-hybridized carbons (Fsp3) is 0.583. The van der Waals surface area contributed by atoms with Crippen molar-refractivity contribution in [3.8, 4) is 0 Å². The van der Waals surface area contributed by atoms with Gasteiger partial charge in [-0.05, 0) is 37.8 Å². The quantitative estimate of drug-likeness (QED) is 0.327. The van der Waals surface area contributed by atoms with Crippen LogP contribution in [0.25, 0.3) is 0 Å². The van der Waals surface area contributed by atoms with Gasteiger partial charge in [-0.25, -0.2) is 0 Å². The first-order valence-corrected chi connectivity index (χ1v) is 12.0. The highest BCUT2D eigenvalue weighted by atomic mass is 16.7. The topological polar surface area (TPSA) is 132 Å². The number of carbonyl (C=O) groups excluding carboxylic acids is 4. The van der Waals surface area contributed by atoms with Crippen LogP contribution in [0.4, 0.5) is 5.69 Å². The van der Waals surface area contributed by atoms with E-state index in [1.807, 2.05) is 0 Å². The summed E-state index contributed by atoms with van der Waals surface area (Å²) in [7, 11) is 0. The maximum absolute atomic E-state index is 13.1. The van der Waals surface area contributed by atoms with Crippen LogP contribution >= 0.6 is 0 Å². The summed E-state index contributed by atoms with van der Waals surface area (Å²) >= 11 is 0. The molecule has 4 amide bonds. The molecule has 3 aliphatic heterocycles. The van der Waals surface area contributed by atoms with Gasteiger partial charge >= 0.3 is 0 Å². The molecule has 1 aromatic rings. The monoisotopic (exact) mass is 489 g/mol. The van der Waals surface area contributed by atoms with Crippen molar-refractivity contribution in [1.29, 1.82) is 0 Å². The Morgan fingerprint density at radius 3 is 2.54 bits per heavy atom. The second kappa shape index (κ2) is 12.2. The minimum absolute atomic E-state index is 0.0813. The average Bonchev–Trinajstić information content (AvgIpc) is 3.11. The van der Waals surface area contributed by atoms with Crippen molar-refractivity contribution < 1.29 is 38.1 Å². The van der Waals surface area contributed by atoms with E-state index in [-0.39, 0.29) is 30.3 Å². The zero-order valence-electron chi connectivity index (χ0n) is 19.6. The minimum Gasteiger partial charge on any atom is -0.382 e. The number of rotatable bonds is 12. The molecule has 0 saturated carbocycles. The molecule has 2 fully saturated rings. The lowest BCUT2D eigenvalue weighted by Crippen LogP contribution is -2.54. The molecule has 0 spiro atoms. The van der Waals surface area contributed by atoms with Crippen molar-refractivity contribution in [1.82, 2.24) is 10.2 Å². The minimum atomic E-state index is -0.989. The summed E-state index contributed by atoms with van der Waals surface area (Å²) in [5.41, 5.74) is 0.963. The predicted molar refractivity (Wildman–Crippen MR) is 123 cm³/mol. The Labute approximate surface area is 203 Å². The number of hydrogen-bond donors (Lipinski definition) is 2. The van der Waals surface area contributed by atoms with Gasteiger partial charge in [0.25, 0.3) is 11.8 Å². The molecule has 2 atom stereocenters. The largest absolute Gasteiger partial charge is 0.382 e. The number of imide groups is 2. The van der Waals surface area contributed by atoms with E-state index < -0.39 is 29.7 Å². The van der Waals surface area contributed by atoms with Gasteiger partial charge < -0.3 is 24.3 Å². The number of benzene rings is 1. The van der Waals surface area contributed by atoms with E-state index in [9.17, 15) is 19.2 Å². The highest BCUT2D eigenvalue weighted by molar-refractivity contribution is 6.25. The smallest absolute Gasteiger partial charge is 0.264 e. The number of ether oxygens (including phenoxy) is 4. The molecule has 2 unspecified atom stereocenters. The molecule has 0 aliphatic carbocycles. The van der Waals surface area contributed by atoms with E-state index in [1.165, 1.54) is 0 Å². The van der Waals surface area contributed by atoms with Crippen LogP contribution in [0.2, 0.25) is 0 Å². The van der Waals surface area contributed by atoms with Gasteiger partial charge in [0.2, 0.25) is 11.8 Å². The van der Waals surface area contributed by atoms with Gasteiger partial charge in [0, 0.05) is 25.3 Å². The summed E-state index contributed by atoms with van der Waals surface area (Å²) < 4.78 is 22.1. The van der Waals surface area contributed by atoms with Crippen molar-refractivity contribution in [3.63, 3.8) is 0 Å². The molecule has 2 saturated heterocycles. The fourth-order valence-corrected chi connectivity index (χ4v) is 4.32. The Hall–Kier alpha value is -2.86. The molecule has 0 bridgehead atoms. The molecular weight excluding hydrogens is 458 g/mol. The lowest BCUT2D eigenvalue weighted by Gasteiger charge is -2.27. The normalized spacial score (nSPS) is 22.3. The van der Waals surface area contributed by atoms with Crippen LogP contribution in [0.15, 0.2) is 18.2 Å². The zero-order chi connectivity index (χ0) is 24.6. The Kier molecular flexibility index (Phi) is 8.80. The van der Waals surface area contributed by atoms with Gasteiger partial charge in [-0.1, -0.05) is 6.07 Å². The van der Waals surface area contributed by atoms with E-state index in [1.54, 1.807) is 18.2 Å². The van der Waals surface area contributed by atoms with Gasteiger partial charge in [-0.15, -0.1) is 0 Å². The number of hydrogen-bond acceptors (Lipinski definition) is 9. The molecule has 0 aromatic heterocycles. The van der Waals surface area contributed by atoms with Crippen molar-refractivity contribution in [2.75, 3.05) is 51.5 Å². The Bertz CT molecular complexity index is 947. The van der Waals surface area contributed by atoms with Gasteiger partial charge in [0.05, 0.1) is 44.2 Å². The van der Waals surface area contributed by atoms with Crippen LogP contribution in [-0.4, -0.2) is 87.0 Å². The second-order valence-electron chi connectivity index (χ2n) is 8.49. The van der Waals surface area contributed by atoms with Gasteiger partial charge in [-0.3, -0.25) is 29.4 Å². The number of carbonyl (C=O) groups is 4. The SMILES string of the molecule is O=C1CCC(N2C(=O)c3cccc(NCCOCCOCCOC4CCCCO4)c3C2=O)C(=O)N1. The number of anilines is 1. The lowest BCUT2D eigenvalue weighted by atomic mass is 10.0. The molecule has 0 radical (unpaired) electrons. The summed E-state index contributed by atoms with van der Waals surface area (Å²) in [4.78, 5) is 50.5. The van der Waals surface area contributed by atoms with E-state index in [0.29, 0.717) is 45.3 Å². The second-order valence-corrected chi connectivity index (χ2v) is 8.49. The van der Waals surface area contributed by atoms with Crippen molar-refractivity contribution in [2.45, 2.75) is 44.4 Å². The van der Waals surface area contributed by atoms with Crippen LogP contribution in [-0.2, 0) is 28.5 Å². The summed E-state index contributed by atoms with van der Waals surface area (Å²) in [5, 5.41) is 5.33. The molecule has 11 heteroatoms. The third-order valence-electron chi connectivity index (χ3n) is 6.07. The van der Waals surface area contributed by atoms with Crippen LogP contribution in [0.5, 0.6) is 0 Å². The lowest BCUT2D eigenvalue weighted by molar-refractivity contribution is -0.169. The summed E-state index contributed by atoms with van der Waals surface area (Å²) in [6.45, 7) is 3.34. The fourth-order valence-electron chi connectivity index (χ4n) is 4.32. The van der Waals surface area contributed by atoms with E-state index >= 15 is 0 Å². The maximum Gasteiger partial charge on any atom is 0.264 e. The summed E-state index contributed by atoms with van der Waals surface area (Å²) in [6.07, 6.45) is 3.22. The van der Waals surface area contributed by atoms with Crippen LogP contribution in [0.3, 0.4) is 0 Å². The molecular formula is C24H31N3O8. The third-order valence-corrected chi connectivity index (χ3v) is 6.07. The van der Waals surface area contributed by atoms with Gasteiger partial charge in [-0.2, -0.15) is 0 Å². The van der Waals surface area contributed by atoms with Gasteiger partial charge in [0.1, 0.15) is 6.04 Å². The highest BCUT2D eigenvalue weighted by Crippen LogP contribution is 2.32. The number of piperidine rings is 1. The highest BCUT2D eigenvalue weighted by Gasteiger charge is 2.45. The molecule has 190 valence electrons. The van der Waals surface area contributed by atoms with Crippen LogP contribution in [0.1, 0.15) is 52.8 Å². The molecule has 11 nitrogen and oxygen atoms in total. The molecule has 1 aromatic carbocycles. The van der Waals surface area contributed by atoms with Crippen molar-refractivity contribution >= 4 is 29.3 Å². The van der Waals surface area contributed by atoms with Crippen LogP contribution < -0.4 is 10.6 Å². The average molecular weight is 490 g/mol. The standard InChI is InChI=1S/C24H31N3O8/c28-19-8-7-18(22(29)26-19)27-23(30)16-4-3-5-17(21(16)24(27)31)25-9-11-32-12-13-33-14-15-35-20-6-1-2-10-34-20/h3-5,18,20,25H,1-2,6-15H2,(H,26,28,29). The van der Waals surface area contributed by atoms with Crippen LogP contribution in [0, 0.1) is 0 Å². The van der Waals surface area contributed by atoms with E-state index in [0.717, 1.165) is 30.8 Å². The summed E-state index contributed by atoms with van der Waals surface area (Å²) in [5.74, 6) is -2.11. The number of nitrogens with one attached hydrogen (secondary N) is 2. The Morgan fingerprint density at radius 1 is 0.971 bits per heavy atom. The maximum atomic E-state index is 13.1. The molecule has 4 rings (SSSR count). The Morgan fingerprint density at radius 2 is 1.77 bits per heavy atom. The van der Waals surface area contributed by atoms with Crippen molar-refractivity contribution in [2.24, 2.45) is 0 Å². The van der Waals surface area contributed by atoms with E-state index in [2.05, 4.69) is 10.6 Å². The molecule has 2 N–H and O–H groups in total. The van der Waals surface area contributed by atoms with E-state index in [4.69, 9.17) is 18.9 Å². The molecule has 35 heavy (non-hydrogen) atoms. The van der Waals surface area contributed by atoms with Gasteiger partial charge in [0.15, 0.2) is 6.29 Å². The number of amides is 4. The molecule has 3 heterocycles. The van der Waals surface area contributed by atoms with Crippen molar-refractivity contribution in [3.05, 3.63) is 29.3 Å². The first-order chi connectivity index (χ1) is 17.1. The molecule has 3 aliphatic rings. The number of nitrogens with zero attached hydrogens (tertiary/aromatic N) is 1. The summed E-state index contributed by atoms with van der Waals surface area (Å²) in [6, 6.07) is 3.95. The first-order valence-electron chi connectivity index (χ1n) is 12.0. The zero-order valence-corrected chi connectivity index (χ0v) is 19.6. The number of fused-ring (bicyclic) bond motifs is 1. The predicted octanol–water partition coefficient (Wildman–Crippen LogP) is 1.08. The first kappa shape index (κ1) is 25.2. The third kappa shape index (κ3) is 6.23.